The smallest absolute Gasteiger partial charge is 0.128 e. The minimum atomic E-state index is 0.578. The summed E-state index contributed by atoms with van der Waals surface area (Å²) in [6.45, 7) is 0.776. The van der Waals surface area contributed by atoms with Crippen molar-refractivity contribution < 1.29 is 0 Å². The molecule has 0 spiro atoms. The van der Waals surface area contributed by atoms with Gasteiger partial charge in [-0.3, -0.25) is 0 Å². The Morgan fingerprint density at radius 3 is 2.78 bits per heavy atom. The Kier molecular flexibility index (Phi) is 3.96. The number of benzene rings is 1. The second-order valence-electron chi connectivity index (χ2n) is 4.00. The van der Waals surface area contributed by atoms with Crippen LogP contribution in [-0.2, 0) is 6.54 Å². The predicted molar refractivity (Wildman–Crippen MR) is 75.2 cm³/mol. The van der Waals surface area contributed by atoms with Crippen molar-refractivity contribution in [2.24, 2.45) is 0 Å². The maximum atomic E-state index is 8.72. The first-order valence-corrected chi connectivity index (χ1v) is 6.30. The van der Waals surface area contributed by atoms with Gasteiger partial charge in [0.15, 0.2) is 0 Å². The molecule has 90 valence electrons. The zero-order chi connectivity index (χ0) is 13.0. The van der Waals surface area contributed by atoms with Crippen LogP contribution in [0.3, 0.4) is 0 Å². The van der Waals surface area contributed by atoms with Crippen LogP contribution in [0.15, 0.2) is 47.1 Å². The Morgan fingerprint density at radius 1 is 1.33 bits per heavy atom. The van der Waals surface area contributed by atoms with E-state index in [-0.39, 0.29) is 0 Å². The molecule has 0 aliphatic carbocycles. The highest BCUT2D eigenvalue weighted by molar-refractivity contribution is 9.10. The molecule has 2 rings (SSSR count). The van der Waals surface area contributed by atoms with E-state index < -0.39 is 0 Å². The standard InChI is InChI=1S/C14H12BrN3/c1-18(10-11-3-2-4-13(15)7-11)14-6-5-12(8-16)9-17-14/h2-7,9H,10H2,1H3. The molecule has 0 fully saturated rings. The van der Waals surface area contributed by atoms with E-state index >= 15 is 0 Å². The zero-order valence-corrected chi connectivity index (χ0v) is 11.6. The molecule has 0 radical (unpaired) electrons. The third kappa shape index (κ3) is 3.08. The van der Waals surface area contributed by atoms with Gasteiger partial charge < -0.3 is 4.90 Å². The van der Waals surface area contributed by atoms with Crippen molar-refractivity contribution in [2.45, 2.75) is 6.54 Å². The van der Waals surface area contributed by atoms with Crippen LogP contribution in [-0.4, -0.2) is 12.0 Å². The van der Waals surface area contributed by atoms with Crippen LogP contribution in [0, 0.1) is 11.3 Å². The number of halogens is 1. The number of rotatable bonds is 3. The van der Waals surface area contributed by atoms with E-state index in [9.17, 15) is 0 Å². The van der Waals surface area contributed by atoms with Gasteiger partial charge in [-0.15, -0.1) is 0 Å². The van der Waals surface area contributed by atoms with E-state index in [1.807, 2.05) is 30.1 Å². The van der Waals surface area contributed by atoms with Gasteiger partial charge in [-0.25, -0.2) is 4.98 Å². The van der Waals surface area contributed by atoms with Gasteiger partial charge in [-0.05, 0) is 29.8 Å². The third-order valence-corrected chi connectivity index (χ3v) is 3.07. The fourth-order valence-corrected chi connectivity index (χ4v) is 2.11. The first-order valence-electron chi connectivity index (χ1n) is 5.51. The SMILES string of the molecule is CN(Cc1cccc(Br)c1)c1ccc(C#N)cn1. The highest BCUT2D eigenvalue weighted by Crippen LogP contribution is 2.16. The first-order chi connectivity index (χ1) is 8.69. The van der Waals surface area contributed by atoms with E-state index in [2.05, 4.69) is 39.1 Å². The van der Waals surface area contributed by atoms with Crippen molar-refractivity contribution in [3.8, 4) is 6.07 Å². The number of hydrogen-bond acceptors (Lipinski definition) is 3. The normalized spacial score (nSPS) is 9.83. The lowest BCUT2D eigenvalue weighted by molar-refractivity contribution is 0.897. The number of pyridine rings is 1. The molecule has 3 nitrogen and oxygen atoms in total. The monoisotopic (exact) mass is 301 g/mol. The molecule has 1 heterocycles. The molecule has 0 saturated heterocycles. The fourth-order valence-electron chi connectivity index (χ4n) is 1.67. The Balaban J connectivity index is 2.12. The maximum absolute atomic E-state index is 8.72. The third-order valence-electron chi connectivity index (χ3n) is 2.58. The van der Waals surface area contributed by atoms with Gasteiger partial charge in [0.2, 0.25) is 0 Å². The second-order valence-corrected chi connectivity index (χ2v) is 4.92. The van der Waals surface area contributed by atoms with E-state index in [1.165, 1.54) is 5.56 Å². The minimum absolute atomic E-state index is 0.578. The summed E-state index contributed by atoms with van der Waals surface area (Å²) in [5.74, 6) is 0.856. The van der Waals surface area contributed by atoms with Gasteiger partial charge >= 0.3 is 0 Å². The number of nitriles is 1. The van der Waals surface area contributed by atoms with Crippen molar-refractivity contribution in [1.29, 1.82) is 5.26 Å². The topological polar surface area (TPSA) is 39.9 Å². The number of nitrogens with zero attached hydrogens (tertiary/aromatic N) is 3. The molecule has 0 amide bonds. The van der Waals surface area contributed by atoms with Crippen LogP contribution in [0.1, 0.15) is 11.1 Å². The highest BCUT2D eigenvalue weighted by atomic mass is 79.9. The molecule has 0 atom stereocenters. The van der Waals surface area contributed by atoms with E-state index in [0.29, 0.717) is 5.56 Å². The Morgan fingerprint density at radius 2 is 2.17 bits per heavy atom. The number of aromatic nitrogens is 1. The molecule has 0 aliphatic heterocycles. The van der Waals surface area contributed by atoms with Crippen LogP contribution < -0.4 is 4.90 Å². The van der Waals surface area contributed by atoms with Crippen LogP contribution in [0.5, 0.6) is 0 Å². The molecule has 0 unspecified atom stereocenters. The molecule has 1 aromatic heterocycles. The Labute approximate surface area is 115 Å². The predicted octanol–water partition coefficient (Wildman–Crippen LogP) is 3.35. The lowest BCUT2D eigenvalue weighted by Crippen LogP contribution is -2.17. The van der Waals surface area contributed by atoms with Gasteiger partial charge in [0.1, 0.15) is 11.9 Å². The number of hydrogen-bond donors (Lipinski definition) is 0. The molecule has 0 saturated carbocycles. The molecule has 0 N–H and O–H groups in total. The van der Waals surface area contributed by atoms with Crippen molar-refractivity contribution in [2.75, 3.05) is 11.9 Å². The number of anilines is 1. The van der Waals surface area contributed by atoms with E-state index in [4.69, 9.17) is 5.26 Å². The van der Waals surface area contributed by atoms with Gasteiger partial charge in [0, 0.05) is 24.3 Å². The van der Waals surface area contributed by atoms with E-state index in [1.54, 1.807) is 12.3 Å². The molecule has 4 heteroatoms. The summed E-state index contributed by atoms with van der Waals surface area (Å²) in [7, 11) is 1.98. The van der Waals surface area contributed by atoms with Gasteiger partial charge in [0.25, 0.3) is 0 Å². The molecular weight excluding hydrogens is 290 g/mol. The summed E-state index contributed by atoms with van der Waals surface area (Å²) in [6.07, 6.45) is 1.59. The quantitative estimate of drug-likeness (QED) is 0.873. The van der Waals surface area contributed by atoms with Crippen LogP contribution in [0.2, 0.25) is 0 Å². The summed E-state index contributed by atoms with van der Waals surface area (Å²) in [6, 6.07) is 13.9. The molecule has 1 aromatic carbocycles. The summed E-state index contributed by atoms with van der Waals surface area (Å²) in [5, 5.41) is 8.72. The average molecular weight is 302 g/mol. The summed E-state index contributed by atoms with van der Waals surface area (Å²) >= 11 is 3.46. The van der Waals surface area contributed by atoms with E-state index in [0.717, 1.165) is 16.8 Å². The Hall–Kier alpha value is -1.86. The highest BCUT2D eigenvalue weighted by Gasteiger charge is 2.04. The van der Waals surface area contributed by atoms with Crippen molar-refractivity contribution >= 4 is 21.7 Å². The fraction of sp³-hybridized carbons (Fsp3) is 0.143. The maximum Gasteiger partial charge on any atom is 0.128 e. The second kappa shape index (κ2) is 5.65. The summed E-state index contributed by atoms with van der Waals surface area (Å²) < 4.78 is 1.07. The van der Waals surface area contributed by atoms with Crippen molar-refractivity contribution in [3.05, 3.63) is 58.2 Å². The van der Waals surface area contributed by atoms with Crippen LogP contribution in [0.4, 0.5) is 5.82 Å². The van der Waals surface area contributed by atoms with Crippen molar-refractivity contribution in [1.82, 2.24) is 4.98 Å². The summed E-state index contributed by atoms with van der Waals surface area (Å²) in [4.78, 5) is 6.30. The molecule has 2 aromatic rings. The Bertz CT molecular complexity index is 572. The zero-order valence-electron chi connectivity index (χ0n) is 9.97. The minimum Gasteiger partial charge on any atom is -0.355 e. The lowest BCUT2D eigenvalue weighted by Gasteiger charge is -2.18. The molecule has 18 heavy (non-hydrogen) atoms. The van der Waals surface area contributed by atoms with Crippen molar-refractivity contribution in [3.63, 3.8) is 0 Å². The van der Waals surface area contributed by atoms with Gasteiger partial charge in [-0.2, -0.15) is 5.26 Å². The summed E-state index contributed by atoms with van der Waals surface area (Å²) in [5.41, 5.74) is 1.78. The molecule has 0 aliphatic rings. The van der Waals surface area contributed by atoms with Gasteiger partial charge in [-0.1, -0.05) is 28.1 Å². The first kappa shape index (κ1) is 12.6. The van der Waals surface area contributed by atoms with Crippen LogP contribution in [0.25, 0.3) is 0 Å². The average Bonchev–Trinajstić information content (AvgIpc) is 2.39. The lowest BCUT2D eigenvalue weighted by atomic mass is 10.2. The molecular formula is C14H12BrN3. The molecule has 0 bridgehead atoms. The van der Waals surface area contributed by atoms with Gasteiger partial charge in [0.05, 0.1) is 5.56 Å². The van der Waals surface area contributed by atoms with Crippen LogP contribution >= 0.6 is 15.9 Å². The largest absolute Gasteiger partial charge is 0.355 e.